The van der Waals surface area contributed by atoms with Crippen molar-refractivity contribution in [1.82, 2.24) is 10.6 Å². The lowest BCUT2D eigenvalue weighted by Crippen LogP contribution is -2.39. The maximum absolute atomic E-state index is 12.0. The molecule has 5 nitrogen and oxygen atoms in total. The zero-order chi connectivity index (χ0) is 18.1. The molecule has 0 aliphatic heterocycles. The first-order chi connectivity index (χ1) is 12.1. The molecule has 0 spiro atoms. The molecule has 2 aromatic rings. The van der Waals surface area contributed by atoms with Crippen molar-refractivity contribution in [3.05, 3.63) is 51.2 Å². The van der Waals surface area contributed by atoms with Crippen LogP contribution in [-0.4, -0.2) is 32.0 Å². The van der Waals surface area contributed by atoms with Crippen LogP contribution < -0.4 is 16.0 Å². The van der Waals surface area contributed by atoms with E-state index in [4.69, 9.17) is 11.6 Å². The van der Waals surface area contributed by atoms with E-state index >= 15 is 0 Å². The van der Waals surface area contributed by atoms with Gasteiger partial charge in [-0.05, 0) is 42.5 Å². The molecule has 0 atom stereocenters. The summed E-state index contributed by atoms with van der Waals surface area (Å²) < 4.78 is 0. The number of aryl methyl sites for hydroxylation is 1. The second-order valence-electron chi connectivity index (χ2n) is 5.54. The van der Waals surface area contributed by atoms with Gasteiger partial charge in [-0.3, -0.25) is 9.79 Å². The van der Waals surface area contributed by atoms with Gasteiger partial charge in [0.2, 0.25) is 5.91 Å². The summed E-state index contributed by atoms with van der Waals surface area (Å²) in [7, 11) is 1.71. The monoisotopic (exact) mass is 506 g/mol. The Balaban J connectivity index is 0.00000338. The first kappa shape index (κ1) is 22.7. The fourth-order valence-corrected chi connectivity index (χ4v) is 3.20. The third-order valence-corrected chi connectivity index (χ3v) is 4.76. The first-order valence-electron chi connectivity index (χ1n) is 8.11. The minimum Gasteiger partial charge on any atom is -0.356 e. The summed E-state index contributed by atoms with van der Waals surface area (Å²) in [4.78, 5) is 17.5. The first-order valence-corrected chi connectivity index (χ1v) is 9.37. The maximum atomic E-state index is 12.0. The van der Waals surface area contributed by atoms with E-state index in [9.17, 15) is 4.79 Å². The number of thiophene rings is 1. The van der Waals surface area contributed by atoms with Crippen LogP contribution in [-0.2, 0) is 11.2 Å². The highest BCUT2D eigenvalue weighted by Gasteiger charge is 2.06. The lowest BCUT2D eigenvalue weighted by molar-refractivity contribution is -0.116. The Bertz CT molecular complexity index is 722. The van der Waals surface area contributed by atoms with Crippen LogP contribution in [0.2, 0.25) is 5.02 Å². The summed E-state index contributed by atoms with van der Waals surface area (Å²) >= 11 is 7.86. The van der Waals surface area contributed by atoms with Crippen LogP contribution in [0.25, 0.3) is 0 Å². The van der Waals surface area contributed by atoms with E-state index in [1.165, 1.54) is 4.88 Å². The molecule has 1 heterocycles. The molecule has 3 N–H and O–H groups in total. The second kappa shape index (κ2) is 12.1. The van der Waals surface area contributed by atoms with Crippen molar-refractivity contribution in [3.63, 3.8) is 0 Å². The number of rotatable bonds is 7. The molecule has 0 bridgehead atoms. The zero-order valence-corrected chi connectivity index (χ0v) is 18.7. The van der Waals surface area contributed by atoms with E-state index in [1.54, 1.807) is 18.4 Å². The molecule has 0 saturated heterocycles. The number of hydrogen-bond acceptors (Lipinski definition) is 3. The molecular weight excluding hydrogens is 483 g/mol. The Hall–Kier alpha value is -1.32. The molecule has 2 rings (SSSR count). The summed E-state index contributed by atoms with van der Waals surface area (Å²) in [6.07, 6.45) is 1.28. The van der Waals surface area contributed by atoms with Crippen LogP contribution in [0.4, 0.5) is 5.69 Å². The summed E-state index contributed by atoms with van der Waals surface area (Å²) in [6.45, 7) is 3.25. The lowest BCUT2D eigenvalue weighted by atomic mass is 10.2. The van der Waals surface area contributed by atoms with E-state index in [1.807, 2.05) is 31.2 Å². The molecule has 26 heavy (non-hydrogen) atoms. The van der Waals surface area contributed by atoms with Crippen molar-refractivity contribution in [3.8, 4) is 0 Å². The molecule has 8 heteroatoms. The van der Waals surface area contributed by atoms with Crippen molar-refractivity contribution < 1.29 is 4.79 Å². The van der Waals surface area contributed by atoms with Gasteiger partial charge >= 0.3 is 0 Å². The molecule has 0 fully saturated rings. The Morgan fingerprint density at radius 1 is 1.23 bits per heavy atom. The van der Waals surface area contributed by atoms with Crippen LogP contribution >= 0.6 is 46.9 Å². The number of amides is 1. The van der Waals surface area contributed by atoms with Gasteiger partial charge in [0.1, 0.15) is 0 Å². The summed E-state index contributed by atoms with van der Waals surface area (Å²) in [5.41, 5.74) is 1.69. The van der Waals surface area contributed by atoms with Crippen LogP contribution in [0.1, 0.15) is 16.9 Å². The molecular formula is C18H24ClIN4OS. The van der Waals surface area contributed by atoms with Gasteiger partial charge in [0.05, 0.1) is 10.7 Å². The van der Waals surface area contributed by atoms with Gasteiger partial charge in [-0.15, -0.1) is 35.3 Å². The van der Waals surface area contributed by atoms with Crippen LogP contribution in [0.3, 0.4) is 0 Å². The standard InChI is InChI=1S/C18H23ClN4OS.HI/c1-13-5-6-16(15(19)12-13)23-17(24)8-10-22-18(20-2)21-9-7-14-4-3-11-25-14;/h3-6,11-12H,7-10H2,1-2H3,(H,23,24)(H2,20,21,22);1H. The number of guanidine groups is 1. The molecule has 142 valence electrons. The molecule has 0 radical (unpaired) electrons. The predicted molar refractivity (Wildman–Crippen MR) is 122 cm³/mol. The highest BCUT2D eigenvalue weighted by atomic mass is 127. The van der Waals surface area contributed by atoms with Crippen molar-refractivity contribution in [2.45, 2.75) is 19.8 Å². The Morgan fingerprint density at radius 3 is 2.65 bits per heavy atom. The number of benzene rings is 1. The Kier molecular flexibility index (Phi) is 10.6. The number of carbonyl (C=O) groups excluding carboxylic acids is 1. The topological polar surface area (TPSA) is 65.5 Å². The van der Waals surface area contributed by atoms with Crippen molar-refractivity contribution in [2.75, 3.05) is 25.5 Å². The van der Waals surface area contributed by atoms with E-state index in [2.05, 4.69) is 32.4 Å². The summed E-state index contributed by atoms with van der Waals surface area (Å²) in [5, 5.41) is 11.8. The van der Waals surface area contributed by atoms with Gasteiger partial charge in [0, 0.05) is 31.4 Å². The minimum absolute atomic E-state index is 0. The zero-order valence-electron chi connectivity index (χ0n) is 14.8. The number of carbonyl (C=O) groups is 1. The Labute approximate surface area is 180 Å². The third-order valence-electron chi connectivity index (χ3n) is 3.51. The maximum Gasteiger partial charge on any atom is 0.226 e. The van der Waals surface area contributed by atoms with Crippen LogP contribution in [0.15, 0.2) is 40.7 Å². The second-order valence-corrected chi connectivity index (χ2v) is 6.98. The number of nitrogens with one attached hydrogen (secondary N) is 3. The number of anilines is 1. The van der Waals surface area contributed by atoms with Crippen LogP contribution in [0.5, 0.6) is 0 Å². The molecule has 0 aliphatic carbocycles. The van der Waals surface area contributed by atoms with E-state index in [0.717, 1.165) is 18.5 Å². The highest BCUT2D eigenvalue weighted by molar-refractivity contribution is 14.0. The van der Waals surface area contributed by atoms with Gasteiger partial charge in [-0.25, -0.2) is 0 Å². The molecule has 1 aromatic heterocycles. The number of hydrogen-bond donors (Lipinski definition) is 3. The van der Waals surface area contributed by atoms with Crippen molar-refractivity contribution in [2.24, 2.45) is 4.99 Å². The third kappa shape index (κ3) is 7.92. The molecule has 0 unspecified atom stereocenters. The average Bonchev–Trinajstić information content (AvgIpc) is 3.09. The van der Waals surface area contributed by atoms with Crippen LogP contribution in [0, 0.1) is 6.92 Å². The molecule has 0 saturated carbocycles. The fourth-order valence-electron chi connectivity index (χ4n) is 2.21. The van der Waals surface area contributed by atoms with Gasteiger partial charge in [0.25, 0.3) is 0 Å². The minimum atomic E-state index is -0.0905. The summed E-state index contributed by atoms with van der Waals surface area (Å²) in [5.74, 6) is 0.602. The SMILES string of the molecule is CN=C(NCCC(=O)Nc1ccc(C)cc1Cl)NCCc1cccs1.I. The highest BCUT2D eigenvalue weighted by Crippen LogP contribution is 2.22. The van der Waals surface area contributed by atoms with Gasteiger partial charge in [-0.2, -0.15) is 0 Å². The Morgan fingerprint density at radius 2 is 2.00 bits per heavy atom. The van der Waals surface area contributed by atoms with Gasteiger partial charge < -0.3 is 16.0 Å². The van der Waals surface area contributed by atoms with Crippen molar-refractivity contribution in [1.29, 1.82) is 0 Å². The van der Waals surface area contributed by atoms with E-state index in [-0.39, 0.29) is 29.9 Å². The van der Waals surface area contributed by atoms with Gasteiger partial charge in [0.15, 0.2) is 5.96 Å². The summed E-state index contributed by atoms with van der Waals surface area (Å²) in [6, 6.07) is 9.72. The number of halogens is 2. The average molecular weight is 507 g/mol. The fraction of sp³-hybridized carbons (Fsp3) is 0.333. The van der Waals surface area contributed by atoms with Gasteiger partial charge in [-0.1, -0.05) is 23.7 Å². The molecule has 0 aliphatic rings. The smallest absolute Gasteiger partial charge is 0.226 e. The van der Waals surface area contributed by atoms with E-state index in [0.29, 0.717) is 29.6 Å². The van der Waals surface area contributed by atoms with E-state index < -0.39 is 0 Å². The normalized spacial score (nSPS) is 10.8. The number of aliphatic imine (C=N–C) groups is 1. The lowest BCUT2D eigenvalue weighted by Gasteiger charge is -2.12. The largest absolute Gasteiger partial charge is 0.356 e. The quantitative estimate of drug-likeness (QED) is 0.301. The molecule has 1 amide bonds. The van der Waals surface area contributed by atoms with Crippen molar-refractivity contribution >= 4 is 64.5 Å². The predicted octanol–water partition coefficient (Wildman–Crippen LogP) is 4.06. The number of nitrogens with zero attached hydrogens (tertiary/aromatic N) is 1. The molecule has 1 aromatic carbocycles.